The molecular weight excluding hydrogens is 485 g/mol. The molecule has 0 heterocycles. The Labute approximate surface area is 212 Å². The van der Waals surface area contributed by atoms with E-state index in [0.717, 1.165) is 48.7 Å². The first-order valence-electron chi connectivity index (χ1n) is 12.0. The van der Waals surface area contributed by atoms with Crippen molar-refractivity contribution in [1.29, 1.82) is 0 Å². The summed E-state index contributed by atoms with van der Waals surface area (Å²) in [7, 11) is -2.47. The Balaban J connectivity index is 1.89. The summed E-state index contributed by atoms with van der Waals surface area (Å²) in [6.07, 6.45) is 5.91. The molecule has 2 aromatic carbocycles. The van der Waals surface area contributed by atoms with Crippen LogP contribution in [0.2, 0.25) is 0 Å². The van der Waals surface area contributed by atoms with Crippen molar-refractivity contribution in [3.05, 3.63) is 59.9 Å². The Kier molecular flexibility index (Phi) is 9.31. The minimum atomic E-state index is -4.00. The van der Waals surface area contributed by atoms with Gasteiger partial charge < -0.3 is 15.0 Å². The number of benzene rings is 2. The van der Waals surface area contributed by atoms with Gasteiger partial charge in [0.25, 0.3) is 0 Å². The number of hydrogen-bond acceptors (Lipinski definition) is 5. The van der Waals surface area contributed by atoms with Crippen molar-refractivity contribution >= 4 is 27.5 Å². The summed E-state index contributed by atoms with van der Waals surface area (Å²) in [6.45, 7) is 1.01. The van der Waals surface area contributed by atoms with E-state index in [2.05, 4.69) is 5.32 Å². The molecule has 36 heavy (non-hydrogen) atoms. The lowest BCUT2D eigenvalue weighted by Gasteiger charge is -2.33. The van der Waals surface area contributed by atoms with Crippen LogP contribution in [0, 0.1) is 5.82 Å². The van der Waals surface area contributed by atoms with Crippen molar-refractivity contribution in [3.63, 3.8) is 0 Å². The van der Waals surface area contributed by atoms with Gasteiger partial charge in [-0.25, -0.2) is 12.8 Å². The summed E-state index contributed by atoms with van der Waals surface area (Å²) in [5.41, 5.74) is 0.478. The summed E-state index contributed by atoms with van der Waals surface area (Å²) in [4.78, 5) is 28.0. The van der Waals surface area contributed by atoms with Gasteiger partial charge in [-0.2, -0.15) is 0 Å². The number of methoxy groups -OCH3 is 1. The largest absolute Gasteiger partial charge is 0.497 e. The minimum Gasteiger partial charge on any atom is -0.497 e. The molecule has 1 N–H and O–H groups in total. The topological polar surface area (TPSA) is 96.0 Å². The number of anilines is 1. The Morgan fingerprint density at radius 3 is 2.44 bits per heavy atom. The molecule has 0 spiro atoms. The highest BCUT2D eigenvalue weighted by Gasteiger charge is 2.32. The molecule has 0 aliphatic heterocycles. The zero-order valence-corrected chi connectivity index (χ0v) is 21.8. The van der Waals surface area contributed by atoms with Gasteiger partial charge in [-0.1, -0.05) is 43.5 Å². The van der Waals surface area contributed by atoms with Gasteiger partial charge >= 0.3 is 0 Å². The first-order chi connectivity index (χ1) is 17.1. The number of sulfonamides is 1. The van der Waals surface area contributed by atoms with Crippen molar-refractivity contribution in [2.24, 2.45) is 0 Å². The number of carbonyl (C=O) groups is 2. The molecule has 1 saturated carbocycles. The number of rotatable bonds is 10. The smallest absolute Gasteiger partial charge is 0.244 e. The van der Waals surface area contributed by atoms with Crippen LogP contribution in [0.5, 0.6) is 5.75 Å². The van der Waals surface area contributed by atoms with Crippen LogP contribution >= 0.6 is 0 Å². The molecule has 2 aromatic rings. The number of amides is 2. The minimum absolute atomic E-state index is 0.0458. The standard InChI is InChI=1S/C26H34FN3O5S/c1-19(26(32)28-21-11-5-4-6-12-21)29(17-20-10-9-13-22(16-20)35-2)25(31)18-30(36(3,33)34)24-15-8-7-14-23(24)27/h7-10,13-16,19,21H,4-6,11-12,17-18H2,1-3H3,(H,28,32)/t19-/m1/s1. The van der Waals surface area contributed by atoms with Crippen LogP contribution in [0.25, 0.3) is 0 Å². The zero-order chi connectivity index (χ0) is 26.3. The van der Waals surface area contributed by atoms with Gasteiger partial charge in [-0.15, -0.1) is 0 Å². The molecule has 2 amide bonds. The molecule has 0 saturated heterocycles. The van der Waals surface area contributed by atoms with Crippen LogP contribution in [0.1, 0.15) is 44.6 Å². The third-order valence-electron chi connectivity index (χ3n) is 6.41. The predicted molar refractivity (Wildman–Crippen MR) is 137 cm³/mol. The molecule has 0 bridgehead atoms. The number of para-hydroxylation sites is 1. The molecule has 1 aliphatic carbocycles. The summed E-state index contributed by atoms with van der Waals surface area (Å²) < 4.78 is 45.6. The highest BCUT2D eigenvalue weighted by molar-refractivity contribution is 7.92. The number of halogens is 1. The highest BCUT2D eigenvalue weighted by Crippen LogP contribution is 2.23. The van der Waals surface area contributed by atoms with Gasteiger partial charge in [0.15, 0.2) is 0 Å². The van der Waals surface area contributed by atoms with E-state index in [1.54, 1.807) is 31.2 Å². The average Bonchev–Trinajstić information content (AvgIpc) is 2.86. The van der Waals surface area contributed by atoms with Crippen molar-refractivity contribution < 1.29 is 27.1 Å². The predicted octanol–water partition coefficient (Wildman–Crippen LogP) is 3.47. The van der Waals surface area contributed by atoms with E-state index in [0.29, 0.717) is 11.3 Å². The zero-order valence-electron chi connectivity index (χ0n) is 20.9. The number of nitrogens with one attached hydrogen (secondary N) is 1. The first-order valence-corrected chi connectivity index (χ1v) is 13.9. The Morgan fingerprint density at radius 1 is 1.11 bits per heavy atom. The van der Waals surface area contributed by atoms with E-state index in [9.17, 15) is 22.4 Å². The summed E-state index contributed by atoms with van der Waals surface area (Å²) >= 11 is 0. The van der Waals surface area contributed by atoms with Crippen LogP contribution in [0.3, 0.4) is 0 Å². The molecule has 1 atom stereocenters. The molecule has 10 heteroatoms. The van der Waals surface area contributed by atoms with Crippen LogP contribution in [0.4, 0.5) is 10.1 Å². The summed E-state index contributed by atoms with van der Waals surface area (Å²) in [5, 5.41) is 3.04. The van der Waals surface area contributed by atoms with E-state index in [-0.39, 0.29) is 24.2 Å². The van der Waals surface area contributed by atoms with Crippen molar-refractivity contribution in [2.45, 2.75) is 57.7 Å². The molecule has 0 aromatic heterocycles. The van der Waals surface area contributed by atoms with Gasteiger partial charge in [0, 0.05) is 12.6 Å². The molecule has 0 unspecified atom stereocenters. The fourth-order valence-corrected chi connectivity index (χ4v) is 5.22. The Bertz CT molecular complexity index is 1170. The molecular formula is C26H34FN3O5S. The van der Waals surface area contributed by atoms with Crippen molar-refractivity contribution in [3.8, 4) is 5.75 Å². The van der Waals surface area contributed by atoms with Gasteiger partial charge in [0.05, 0.1) is 19.1 Å². The Morgan fingerprint density at radius 2 is 1.81 bits per heavy atom. The SMILES string of the molecule is COc1cccc(CN(C(=O)CN(c2ccccc2F)S(C)(=O)=O)[C@H](C)C(=O)NC2CCCCC2)c1. The third kappa shape index (κ3) is 7.19. The summed E-state index contributed by atoms with van der Waals surface area (Å²) in [6, 6.07) is 11.6. The fourth-order valence-electron chi connectivity index (χ4n) is 4.37. The van der Waals surface area contributed by atoms with Crippen molar-refractivity contribution in [1.82, 2.24) is 10.2 Å². The van der Waals surface area contributed by atoms with E-state index in [1.165, 1.54) is 30.2 Å². The molecule has 3 rings (SSSR count). The monoisotopic (exact) mass is 519 g/mol. The molecule has 1 fully saturated rings. The number of ether oxygens (including phenoxy) is 1. The maximum absolute atomic E-state index is 14.5. The van der Waals surface area contributed by atoms with Gasteiger partial charge in [0.1, 0.15) is 24.2 Å². The second kappa shape index (κ2) is 12.2. The molecule has 1 aliphatic rings. The second-order valence-corrected chi connectivity index (χ2v) is 11.0. The third-order valence-corrected chi connectivity index (χ3v) is 7.53. The lowest BCUT2D eigenvalue weighted by Crippen LogP contribution is -2.53. The van der Waals surface area contributed by atoms with Crippen LogP contribution < -0.4 is 14.4 Å². The fraction of sp³-hybridized carbons (Fsp3) is 0.462. The normalized spacial score (nSPS) is 15.1. The van der Waals surface area contributed by atoms with Crippen LogP contribution in [-0.2, 0) is 26.2 Å². The summed E-state index contributed by atoms with van der Waals surface area (Å²) in [5.74, 6) is -1.12. The quantitative estimate of drug-likeness (QED) is 0.519. The van der Waals surface area contributed by atoms with Crippen molar-refractivity contribution in [2.75, 3.05) is 24.2 Å². The van der Waals surface area contributed by atoms with E-state index in [1.807, 2.05) is 0 Å². The molecule has 8 nitrogen and oxygen atoms in total. The van der Waals surface area contributed by atoms with Gasteiger partial charge in [0.2, 0.25) is 21.8 Å². The van der Waals surface area contributed by atoms with Gasteiger partial charge in [-0.3, -0.25) is 13.9 Å². The first kappa shape index (κ1) is 27.4. The van der Waals surface area contributed by atoms with E-state index >= 15 is 0 Å². The lowest BCUT2D eigenvalue weighted by atomic mass is 9.95. The molecule has 196 valence electrons. The second-order valence-electron chi connectivity index (χ2n) is 9.11. The molecule has 0 radical (unpaired) electrons. The van der Waals surface area contributed by atoms with Crippen LogP contribution in [0.15, 0.2) is 48.5 Å². The van der Waals surface area contributed by atoms with E-state index < -0.39 is 34.3 Å². The number of hydrogen-bond donors (Lipinski definition) is 1. The van der Waals surface area contributed by atoms with E-state index in [4.69, 9.17) is 4.74 Å². The average molecular weight is 520 g/mol. The number of nitrogens with zero attached hydrogens (tertiary/aromatic N) is 2. The maximum Gasteiger partial charge on any atom is 0.244 e. The number of carbonyl (C=O) groups excluding carboxylic acids is 2. The Hall–Kier alpha value is -3.14. The van der Waals surface area contributed by atoms with Gasteiger partial charge in [-0.05, 0) is 49.6 Å². The maximum atomic E-state index is 14.5. The lowest BCUT2D eigenvalue weighted by molar-refractivity contribution is -0.139. The highest BCUT2D eigenvalue weighted by atomic mass is 32.2. The van der Waals surface area contributed by atoms with Crippen LogP contribution in [-0.4, -0.2) is 57.1 Å².